The number of anilines is 2. The highest BCUT2D eigenvalue weighted by Gasteiger charge is 2.27. The number of halogens is 1. The SMILES string of the molecule is Cl.NS(=O)(=O)N1CCc2ccc(NC(=O)CCC3CCNCC3)cc21. The average Bonchev–Trinajstić information content (AvgIpc) is 2.97. The topological polar surface area (TPSA) is 105 Å². The van der Waals surface area contributed by atoms with Crippen LogP contribution in [0.2, 0.25) is 0 Å². The lowest BCUT2D eigenvalue weighted by atomic mass is 9.93. The van der Waals surface area contributed by atoms with Gasteiger partial charge in [0.25, 0.3) is 10.2 Å². The number of rotatable bonds is 5. The largest absolute Gasteiger partial charge is 0.326 e. The van der Waals surface area contributed by atoms with Crippen LogP contribution in [0.15, 0.2) is 18.2 Å². The number of benzene rings is 1. The molecule has 7 nitrogen and oxygen atoms in total. The molecule has 0 radical (unpaired) electrons. The van der Waals surface area contributed by atoms with Crippen molar-refractivity contribution in [2.24, 2.45) is 11.1 Å². The average molecular weight is 389 g/mol. The van der Waals surface area contributed by atoms with Crippen LogP contribution in [-0.4, -0.2) is 34.0 Å². The zero-order valence-electron chi connectivity index (χ0n) is 14.0. The van der Waals surface area contributed by atoms with E-state index in [4.69, 9.17) is 5.14 Å². The van der Waals surface area contributed by atoms with E-state index < -0.39 is 10.2 Å². The lowest BCUT2D eigenvalue weighted by molar-refractivity contribution is -0.116. The Bertz CT molecular complexity index is 720. The van der Waals surface area contributed by atoms with Crippen molar-refractivity contribution in [2.45, 2.75) is 32.1 Å². The van der Waals surface area contributed by atoms with Crippen molar-refractivity contribution >= 4 is 39.9 Å². The van der Waals surface area contributed by atoms with Gasteiger partial charge in [-0.2, -0.15) is 8.42 Å². The van der Waals surface area contributed by atoms with Crippen LogP contribution < -0.4 is 20.1 Å². The van der Waals surface area contributed by atoms with Gasteiger partial charge in [0.1, 0.15) is 0 Å². The molecule has 0 unspecified atom stereocenters. The number of hydrogen-bond donors (Lipinski definition) is 3. The minimum atomic E-state index is -3.77. The number of carbonyl (C=O) groups excluding carboxylic acids is 1. The molecule has 25 heavy (non-hydrogen) atoms. The molecule has 1 aromatic rings. The molecule has 0 bridgehead atoms. The van der Waals surface area contributed by atoms with Crippen molar-refractivity contribution in [3.05, 3.63) is 23.8 Å². The van der Waals surface area contributed by atoms with E-state index in [2.05, 4.69) is 10.6 Å². The van der Waals surface area contributed by atoms with E-state index in [1.54, 1.807) is 6.07 Å². The van der Waals surface area contributed by atoms with Crippen molar-refractivity contribution in [3.8, 4) is 0 Å². The predicted octanol–water partition coefficient (Wildman–Crippen LogP) is 1.39. The fraction of sp³-hybridized carbons (Fsp3) is 0.562. The summed E-state index contributed by atoms with van der Waals surface area (Å²) in [5.74, 6) is 0.573. The number of nitrogens with one attached hydrogen (secondary N) is 2. The molecule has 1 amide bonds. The molecule has 1 fully saturated rings. The Labute approximate surface area is 154 Å². The van der Waals surface area contributed by atoms with Crippen LogP contribution in [-0.2, 0) is 21.4 Å². The van der Waals surface area contributed by atoms with Gasteiger partial charge in [-0.3, -0.25) is 9.10 Å². The second-order valence-electron chi connectivity index (χ2n) is 6.49. The Morgan fingerprint density at radius 2 is 2.04 bits per heavy atom. The van der Waals surface area contributed by atoms with E-state index in [-0.39, 0.29) is 18.3 Å². The van der Waals surface area contributed by atoms with Crippen molar-refractivity contribution in [2.75, 3.05) is 29.3 Å². The molecular weight excluding hydrogens is 364 g/mol. The summed E-state index contributed by atoms with van der Waals surface area (Å²) in [6.07, 6.45) is 4.25. The van der Waals surface area contributed by atoms with Crippen LogP contribution in [0.4, 0.5) is 11.4 Å². The zero-order valence-corrected chi connectivity index (χ0v) is 15.7. The van der Waals surface area contributed by atoms with Gasteiger partial charge < -0.3 is 10.6 Å². The summed E-state index contributed by atoms with van der Waals surface area (Å²) in [7, 11) is -3.77. The maximum Gasteiger partial charge on any atom is 0.299 e. The number of nitrogens with zero attached hydrogens (tertiary/aromatic N) is 1. The molecule has 0 saturated carbocycles. The fourth-order valence-corrected chi connectivity index (χ4v) is 4.21. The highest BCUT2D eigenvalue weighted by molar-refractivity contribution is 7.90. The molecule has 1 saturated heterocycles. The number of amides is 1. The molecule has 140 valence electrons. The molecule has 0 aromatic heterocycles. The molecule has 0 spiro atoms. The van der Waals surface area contributed by atoms with Gasteiger partial charge in [-0.05, 0) is 62.4 Å². The molecule has 0 atom stereocenters. The minimum absolute atomic E-state index is 0. The van der Waals surface area contributed by atoms with E-state index in [9.17, 15) is 13.2 Å². The van der Waals surface area contributed by atoms with E-state index in [0.29, 0.717) is 36.7 Å². The smallest absolute Gasteiger partial charge is 0.299 e. The third-order valence-corrected chi connectivity index (χ3v) is 5.76. The van der Waals surface area contributed by atoms with Gasteiger partial charge in [-0.25, -0.2) is 5.14 Å². The first-order valence-corrected chi connectivity index (χ1v) is 9.88. The molecule has 2 heterocycles. The molecule has 9 heteroatoms. The maximum absolute atomic E-state index is 12.2. The summed E-state index contributed by atoms with van der Waals surface area (Å²) in [6, 6.07) is 5.35. The molecule has 1 aromatic carbocycles. The Morgan fingerprint density at radius 1 is 1.32 bits per heavy atom. The summed E-state index contributed by atoms with van der Waals surface area (Å²) >= 11 is 0. The first-order chi connectivity index (χ1) is 11.4. The second-order valence-corrected chi connectivity index (χ2v) is 7.96. The lowest BCUT2D eigenvalue weighted by Gasteiger charge is -2.22. The number of nitrogens with two attached hydrogens (primary N) is 1. The van der Waals surface area contributed by atoms with Gasteiger partial charge in [0.05, 0.1) is 5.69 Å². The molecule has 3 rings (SSSR count). The van der Waals surface area contributed by atoms with E-state index in [1.165, 1.54) is 4.31 Å². The summed E-state index contributed by atoms with van der Waals surface area (Å²) in [5, 5.41) is 11.4. The monoisotopic (exact) mass is 388 g/mol. The van der Waals surface area contributed by atoms with Crippen LogP contribution in [0.1, 0.15) is 31.2 Å². The number of carbonyl (C=O) groups is 1. The summed E-state index contributed by atoms with van der Waals surface area (Å²) in [6.45, 7) is 2.41. The quantitative estimate of drug-likeness (QED) is 0.708. The third kappa shape index (κ3) is 5.07. The summed E-state index contributed by atoms with van der Waals surface area (Å²) in [4.78, 5) is 12.2. The predicted molar refractivity (Wildman–Crippen MR) is 101 cm³/mol. The van der Waals surface area contributed by atoms with Crippen molar-refractivity contribution in [1.82, 2.24) is 5.32 Å². The Balaban J connectivity index is 0.00000225. The minimum Gasteiger partial charge on any atom is -0.326 e. The lowest BCUT2D eigenvalue weighted by Crippen LogP contribution is -2.35. The van der Waals surface area contributed by atoms with Crippen LogP contribution in [0.25, 0.3) is 0 Å². The van der Waals surface area contributed by atoms with Crippen molar-refractivity contribution < 1.29 is 13.2 Å². The Hall–Kier alpha value is -1.35. The van der Waals surface area contributed by atoms with Gasteiger partial charge in [-0.15, -0.1) is 12.4 Å². The van der Waals surface area contributed by atoms with Crippen LogP contribution in [0.5, 0.6) is 0 Å². The number of fused-ring (bicyclic) bond motifs is 1. The highest BCUT2D eigenvalue weighted by Crippen LogP contribution is 2.32. The van der Waals surface area contributed by atoms with Gasteiger partial charge >= 0.3 is 0 Å². The van der Waals surface area contributed by atoms with Crippen molar-refractivity contribution in [1.29, 1.82) is 0 Å². The van der Waals surface area contributed by atoms with E-state index in [0.717, 1.165) is 37.9 Å². The first-order valence-electron chi connectivity index (χ1n) is 8.37. The second kappa shape index (κ2) is 8.35. The molecule has 4 N–H and O–H groups in total. The zero-order chi connectivity index (χ0) is 17.2. The summed E-state index contributed by atoms with van der Waals surface area (Å²) < 4.78 is 24.4. The Morgan fingerprint density at radius 3 is 2.72 bits per heavy atom. The number of hydrogen-bond acceptors (Lipinski definition) is 4. The molecular formula is C16H25ClN4O3S. The van der Waals surface area contributed by atoms with Crippen LogP contribution in [0, 0.1) is 5.92 Å². The van der Waals surface area contributed by atoms with Crippen LogP contribution >= 0.6 is 12.4 Å². The van der Waals surface area contributed by atoms with Crippen LogP contribution in [0.3, 0.4) is 0 Å². The fourth-order valence-electron chi connectivity index (χ4n) is 3.42. The van der Waals surface area contributed by atoms with Gasteiger partial charge in [-0.1, -0.05) is 6.07 Å². The standard InChI is InChI=1S/C16H24N4O3S.ClH/c17-24(22,23)20-10-7-13-2-3-14(11-15(13)20)19-16(21)4-1-12-5-8-18-9-6-12;/h2-3,11-12,18H,1,4-10H2,(H,19,21)(H2,17,22,23);1H. The third-order valence-electron chi connectivity index (χ3n) is 4.77. The van der Waals surface area contributed by atoms with Gasteiger partial charge in [0, 0.05) is 18.7 Å². The summed E-state index contributed by atoms with van der Waals surface area (Å²) in [5.41, 5.74) is 2.10. The van der Waals surface area contributed by atoms with E-state index >= 15 is 0 Å². The normalized spacial score (nSPS) is 17.7. The van der Waals surface area contributed by atoms with Crippen molar-refractivity contribution in [3.63, 3.8) is 0 Å². The van der Waals surface area contributed by atoms with Gasteiger partial charge in [0.15, 0.2) is 0 Å². The first kappa shape index (κ1) is 20.0. The Kier molecular flexibility index (Phi) is 6.67. The maximum atomic E-state index is 12.2. The van der Waals surface area contributed by atoms with E-state index in [1.807, 2.05) is 12.1 Å². The highest BCUT2D eigenvalue weighted by atomic mass is 35.5. The number of piperidine rings is 1. The molecule has 0 aliphatic carbocycles. The molecule has 2 aliphatic rings. The van der Waals surface area contributed by atoms with Gasteiger partial charge in [0.2, 0.25) is 5.91 Å². The molecule has 2 aliphatic heterocycles.